The van der Waals surface area contributed by atoms with Crippen molar-refractivity contribution in [3.05, 3.63) is 52.5 Å². The molecule has 0 unspecified atom stereocenters. The number of hydrogen-bond donors (Lipinski definition) is 1. The van der Waals surface area contributed by atoms with Crippen LogP contribution in [0.5, 0.6) is 17.2 Å². The van der Waals surface area contributed by atoms with Crippen LogP contribution in [0, 0.1) is 0 Å². The minimum Gasteiger partial charge on any atom is -0.496 e. The van der Waals surface area contributed by atoms with Crippen molar-refractivity contribution in [2.24, 2.45) is 0 Å². The van der Waals surface area contributed by atoms with E-state index in [1.807, 2.05) is 36.4 Å². The third-order valence-corrected chi connectivity index (χ3v) is 3.56. The summed E-state index contributed by atoms with van der Waals surface area (Å²) in [6.45, 7) is 1.70. The average molecular weight is 342 g/mol. The summed E-state index contributed by atoms with van der Waals surface area (Å²) >= 11 is 6.02. The monoisotopic (exact) mass is 341 g/mol. The van der Waals surface area contributed by atoms with E-state index in [9.17, 15) is 0 Å². The molecule has 0 bridgehead atoms. The van der Waals surface area contributed by atoms with Gasteiger partial charge in [-0.1, -0.05) is 17.7 Å². The highest BCUT2D eigenvalue weighted by Gasteiger charge is 2.13. The summed E-state index contributed by atoms with van der Waals surface area (Å²) in [5.74, 6) is 2.43. The van der Waals surface area contributed by atoms with Crippen molar-refractivity contribution in [2.45, 2.75) is 13.1 Å². The smallest absolute Gasteiger partial charge is 0.231 e. The summed E-state index contributed by atoms with van der Waals surface area (Å²) < 4.78 is 16.0. The predicted octanol–water partition coefficient (Wildman–Crippen LogP) is 3.79. The summed E-state index contributed by atoms with van der Waals surface area (Å²) in [7, 11) is 1.66. The highest BCUT2D eigenvalue weighted by atomic mass is 35.5. The van der Waals surface area contributed by atoms with Gasteiger partial charge in [0, 0.05) is 23.7 Å². The minimum absolute atomic E-state index is 0. The highest BCUT2D eigenvalue weighted by Crippen LogP contribution is 2.32. The molecule has 0 radical (unpaired) electrons. The van der Waals surface area contributed by atoms with Gasteiger partial charge in [0.05, 0.1) is 7.11 Å². The van der Waals surface area contributed by atoms with Crippen molar-refractivity contribution in [3.8, 4) is 17.2 Å². The van der Waals surface area contributed by atoms with Crippen molar-refractivity contribution in [2.75, 3.05) is 13.9 Å². The van der Waals surface area contributed by atoms with E-state index in [4.69, 9.17) is 25.8 Å². The molecule has 118 valence electrons. The van der Waals surface area contributed by atoms with Crippen molar-refractivity contribution >= 4 is 24.0 Å². The van der Waals surface area contributed by atoms with E-state index in [0.29, 0.717) is 18.4 Å². The van der Waals surface area contributed by atoms with Crippen LogP contribution in [-0.2, 0) is 13.1 Å². The van der Waals surface area contributed by atoms with Crippen molar-refractivity contribution in [3.63, 3.8) is 0 Å². The maximum Gasteiger partial charge on any atom is 0.231 e. The fraction of sp³-hybridized carbons (Fsp3) is 0.250. The Bertz CT molecular complexity index is 649. The number of benzene rings is 2. The number of rotatable bonds is 5. The molecule has 0 spiro atoms. The summed E-state index contributed by atoms with van der Waals surface area (Å²) in [5.41, 5.74) is 2.17. The van der Waals surface area contributed by atoms with Crippen molar-refractivity contribution in [1.82, 2.24) is 5.32 Å². The maximum absolute atomic E-state index is 6.02. The zero-order chi connectivity index (χ0) is 14.7. The molecule has 0 saturated heterocycles. The van der Waals surface area contributed by atoms with Crippen LogP contribution >= 0.6 is 24.0 Å². The molecule has 1 aliphatic rings. The average Bonchev–Trinajstić information content (AvgIpc) is 2.95. The Morgan fingerprint density at radius 3 is 2.73 bits per heavy atom. The summed E-state index contributed by atoms with van der Waals surface area (Å²) in [4.78, 5) is 0. The van der Waals surface area contributed by atoms with Gasteiger partial charge in [-0.25, -0.2) is 0 Å². The third-order valence-electron chi connectivity index (χ3n) is 3.32. The third kappa shape index (κ3) is 3.77. The second-order valence-corrected chi connectivity index (χ2v) is 5.18. The normalized spacial score (nSPS) is 11.9. The molecule has 1 heterocycles. The first kappa shape index (κ1) is 16.7. The number of methoxy groups -OCH3 is 1. The number of ether oxygens (including phenoxy) is 3. The first-order chi connectivity index (χ1) is 10.3. The second kappa shape index (κ2) is 7.58. The van der Waals surface area contributed by atoms with Crippen LogP contribution in [0.4, 0.5) is 0 Å². The summed E-state index contributed by atoms with van der Waals surface area (Å²) in [5, 5.41) is 4.08. The number of halogens is 2. The molecular formula is C16H17Cl2NO3. The van der Waals surface area contributed by atoms with Crippen LogP contribution in [0.2, 0.25) is 5.02 Å². The Labute approximate surface area is 140 Å². The topological polar surface area (TPSA) is 39.7 Å². The van der Waals surface area contributed by atoms with Gasteiger partial charge in [-0.05, 0) is 35.9 Å². The Hall–Kier alpha value is -1.62. The van der Waals surface area contributed by atoms with Gasteiger partial charge in [0.25, 0.3) is 0 Å². The number of nitrogens with one attached hydrogen (secondary N) is 1. The number of hydrogen-bond acceptors (Lipinski definition) is 4. The fourth-order valence-electron chi connectivity index (χ4n) is 2.28. The lowest BCUT2D eigenvalue weighted by Crippen LogP contribution is -2.13. The predicted molar refractivity (Wildman–Crippen MR) is 88.4 cm³/mol. The molecule has 22 heavy (non-hydrogen) atoms. The van der Waals surface area contributed by atoms with E-state index in [1.165, 1.54) is 0 Å². The zero-order valence-electron chi connectivity index (χ0n) is 12.1. The Balaban J connectivity index is 0.00000176. The zero-order valence-corrected chi connectivity index (χ0v) is 13.7. The lowest BCUT2D eigenvalue weighted by atomic mass is 10.1. The van der Waals surface area contributed by atoms with Crippen LogP contribution < -0.4 is 19.5 Å². The van der Waals surface area contributed by atoms with E-state index in [0.717, 1.165) is 34.9 Å². The van der Waals surface area contributed by atoms with E-state index < -0.39 is 0 Å². The lowest BCUT2D eigenvalue weighted by Gasteiger charge is -2.10. The molecule has 2 aromatic rings. The molecule has 6 heteroatoms. The first-order valence-electron chi connectivity index (χ1n) is 6.68. The van der Waals surface area contributed by atoms with Crippen LogP contribution in [0.15, 0.2) is 36.4 Å². The Kier molecular flexibility index (Phi) is 5.77. The molecule has 0 aliphatic carbocycles. The van der Waals surface area contributed by atoms with Crippen LogP contribution in [0.1, 0.15) is 11.1 Å². The molecule has 2 aromatic carbocycles. The molecule has 0 atom stereocenters. The quantitative estimate of drug-likeness (QED) is 0.898. The van der Waals surface area contributed by atoms with Gasteiger partial charge < -0.3 is 19.5 Å². The van der Waals surface area contributed by atoms with Gasteiger partial charge in [-0.2, -0.15) is 0 Å². The second-order valence-electron chi connectivity index (χ2n) is 4.75. The SMILES string of the molecule is COc1ccc(Cl)cc1CNCc1ccc2c(c1)OCO2.Cl. The van der Waals surface area contributed by atoms with Crippen LogP contribution in [0.3, 0.4) is 0 Å². The first-order valence-corrected chi connectivity index (χ1v) is 7.06. The minimum atomic E-state index is 0. The standard InChI is InChI=1S/C16H16ClNO3.ClH/c1-19-14-5-3-13(17)7-12(14)9-18-8-11-2-4-15-16(6-11)21-10-20-15;/h2-7,18H,8-10H2,1H3;1H. The van der Waals surface area contributed by atoms with E-state index >= 15 is 0 Å². The molecule has 1 N–H and O–H groups in total. The van der Waals surface area contributed by atoms with Gasteiger partial charge >= 0.3 is 0 Å². The van der Waals surface area contributed by atoms with Crippen molar-refractivity contribution in [1.29, 1.82) is 0 Å². The summed E-state index contributed by atoms with van der Waals surface area (Å²) in [6.07, 6.45) is 0. The van der Waals surface area contributed by atoms with Crippen molar-refractivity contribution < 1.29 is 14.2 Å². The molecular weight excluding hydrogens is 325 g/mol. The Morgan fingerprint density at radius 2 is 1.91 bits per heavy atom. The Morgan fingerprint density at radius 1 is 1.09 bits per heavy atom. The van der Waals surface area contributed by atoms with E-state index in [-0.39, 0.29) is 12.4 Å². The van der Waals surface area contributed by atoms with Gasteiger partial charge in [0.2, 0.25) is 6.79 Å². The van der Waals surface area contributed by atoms with Crippen LogP contribution in [-0.4, -0.2) is 13.9 Å². The van der Waals surface area contributed by atoms with Crippen LogP contribution in [0.25, 0.3) is 0 Å². The molecule has 0 fully saturated rings. The maximum atomic E-state index is 6.02. The summed E-state index contributed by atoms with van der Waals surface area (Å²) in [6, 6.07) is 11.5. The van der Waals surface area contributed by atoms with Gasteiger partial charge in [0.1, 0.15) is 5.75 Å². The van der Waals surface area contributed by atoms with E-state index in [1.54, 1.807) is 7.11 Å². The fourth-order valence-corrected chi connectivity index (χ4v) is 2.47. The highest BCUT2D eigenvalue weighted by molar-refractivity contribution is 6.30. The largest absolute Gasteiger partial charge is 0.496 e. The molecule has 3 rings (SSSR count). The molecule has 0 amide bonds. The van der Waals surface area contributed by atoms with E-state index in [2.05, 4.69) is 5.32 Å². The molecule has 0 aromatic heterocycles. The molecule has 0 saturated carbocycles. The molecule has 1 aliphatic heterocycles. The lowest BCUT2D eigenvalue weighted by molar-refractivity contribution is 0.174. The van der Waals surface area contributed by atoms with Gasteiger partial charge in [-0.15, -0.1) is 12.4 Å². The molecule has 4 nitrogen and oxygen atoms in total. The number of fused-ring (bicyclic) bond motifs is 1. The van der Waals surface area contributed by atoms with Gasteiger partial charge in [-0.3, -0.25) is 0 Å². The van der Waals surface area contributed by atoms with Gasteiger partial charge in [0.15, 0.2) is 11.5 Å².